The molecule has 76 valence electrons. The van der Waals surface area contributed by atoms with Crippen molar-refractivity contribution in [2.45, 2.75) is 0 Å². The van der Waals surface area contributed by atoms with Crippen molar-refractivity contribution in [2.24, 2.45) is 0 Å². The molecular formula is C10H13NO3. The number of nitrogens with zero attached hydrogens (tertiary/aromatic N) is 1. The van der Waals surface area contributed by atoms with Crippen LogP contribution < -0.4 is 4.74 Å². The molecular weight excluding hydrogens is 182 g/mol. The minimum atomic E-state index is -0.00280. The zero-order valence-corrected chi connectivity index (χ0v) is 8.01. The Morgan fingerprint density at radius 2 is 2.07 bits per heavy atom. The summed E-state index contributed by atoms with van der Waals surface area (Å²) in [6.07, 6.45) is 1.47. The summed E-state index contributed by atoms with van der Waals surface area (Å²) in [4.78, 5) is 0. The Morgan fingerprint density at radius 1 is 1.43 bits per heavy atom. The molecule has 0 aliphatic carbocycles. The van der Waals surface area contributed by atoms with Gasteiger partial charge in [0.2, 0.25) is 0 Å². The first-order valence-corrected chi connectivity index (χ1v) is 4.31. The molecule has 1 aromatic rings. The predicted octanol–water partition coefficient (Wildman–Crippen LogP) is 0.617. The molecule has 0 fully saturated rings. The van der Waals surface area contributed by atoms with Crippen molar-refractivity contribution < 1.29 is 14.6 Å². The van der Waals surface area contributed by atoms with Crippen LogP contribution in [0.2, 0.25) is 0 Å². The third-order valence-corrected chi connectivity index (χ3v) is 1.57. The third kappa shape index (κ3) is 3.45. The van der Waals surface area contributed by atoms with E-state index < -0.39 is 0 Å². The van der Waals surface area contributed by atoms with Gasteiger partial charge in [0.05, 0.1) is 6.61 Å². The molecule has 0 aromatic heterocycles. The molecule has 0 unspecified atom stereocenters. The third-order valence-electron chi connectivity index (χ3n) is 1.57. The van der Waals surface area contributed by atoms with Crippen LogP contribution in [0.4, 0.5) is 0 Å². The molecule has 4 heteroatoms. The Morgan fingerprint density at radius 3 is 2.57 bits per heavy atom. The summed E-state index contributed by atoms with van der Waals surface area (Å²) in [6, 6.07) is 7.07. The minimum Gasteiger partial charge on any atom is -0.624 e. The van der Waals surface area contributed by atoms with E-state index in [-0.39, 0.29) is 13.2 Å². The maximum absolute atomic E-state index is 10.7. The molecule has 0 saturated heterocycles. The Balaban J connectivity index is 2.64. The number of ether oxygens (including phenoxy) is 1. The fourth-order valence-electron chi connectivity index (χ4n) is 1.02. The van der Waals surface area contributed by atoms with Crippen molar-refractivity contribution in [1.29, 1.82) is 0 Å². The lowest BCUT2D eigenvalue weighted by Crippen LogP contribution is -2.02. The van der Waals surface area contributed by atoms with E-state index >= 15 is 0 Å². The lowest BCUT2D eigenvalue weighted by molar-refractivity contribution is -0.416. The summed E-state index contributed by atoms with van der Waals surface area (Å²) in [5.74, 6) is 0.685. The van der Waals surface area contributed by atoms with E-state index in [2.05, 4.69) is 0 Å². The largest absolute Gasteiger partial charge is 0.624 e. The fourth-order valence-corrected chi connectivity index (χ4v) is 1.02. The summed E-state index contributed by atoms with van der Waals surface area (Å²) < 4.78 is 5.90. The van der Waals surface area contributed by atoms with Crippen molar-refractivity contribution in [3.8, 4) is 5.75 Å². The number of rotatable bonds is 4. The van der Waals surface area contributed by atoms with Gasteiger partial charge in [-0.3, -0.25) is 0 Å². The van der Waals surface area contributed by atoms with Crippen LogP contribution in [0.15, 0.2) is 24.3 Å². The van der Waals surface area contributed by atoms with Crippen LogP contribution in [0.5, 0.6) is 5.75 Å². The highest BCUT2D eigenvalue weighted by atomic mass is 16.5. The second-order valence-corrected chi connectivity index (χ2v) is 2.82. The van der Waals surface area contributed by atoms with Crippen LogP contribution in [0, 0.1) is 5.21 Å². The zero-order chi connectivity index (χ0) is 10.4. The van der Waals surface area contributed by atoms with E-state index in [1.54, 1.807) is 24.3 Å². The highest BCUT2D eigenvalue weighted by Crippen LogP contribution is 2.10. The maximum Gasteiger partial charge on any atom is 0.181 e. The monoisotopic (exact) mass is 195 g/mol. The molecule has 0 aliphatic rings. The minimum absolute atomic E-state index is 0.00280. The molecule has 0 radical (unpaired) electrons. The van der Waals surface area contributed by atoms with E-state index in [9.17, 15) is 5.21 Å². The van der Waals surface area contributed by atoms with Crippen molar-refractivity contribution >= 4 is 6.21 Å². The Hall–Kier alpha value is -1.55. The zero-order valence-electron chi connectivity index (χ0n) is 8.01. The number of aliphatic hydroxyl groups is 1. The van der Waals surface area contributed by atoms with Gasteiger partial charge in [-0.1, -0.05) is 0 Å². The lowest BCUT2D eigenvalue weighted by atomic mass is 10.2. The molecule has 1 N–H and O–H groups in total. The van der Waals surface area contributed by atoms with Gasteiger partial charge in [-0.25, -0.2) is 4.74 Å². The van der Waals surface area contributed by atoms with Gasteiger partial charge in [0.25, 0.3) is 0 Å². The van der Waals surface area contributed by atoms with E-state index in [0.29, 0.717) is 5.75 Å². The molecule has 4 nitrogen and oxygen atoms in total. The molecule has 0 saturated carbocycles. The van der Waals surface area contributed by atoms with Gasteiger partial charge < -0.3 is 15.1 Å². The first-order chi connectivity index (χ1) is 6.72. The number of benzene rings is 1. The fraction of sp³-hybridized carbons (Fsp3) is 0.300. The summed E-state index contributed by atoms with van der Waals surface area (Å²) in [7, 11) is 1.43. The smallest absolute Gasteiger partial charge is 0.181 e. The van der Waals surface area contributed by atoms with Gasteiger partial charge in [-0.15, -0.1) is 0 Å². The molecule has 0 atom stereocenters. The van der Waals surface area contributed by atoms with Crippen LogP contribution in [-0.2, 0) is 0 Å². The molecule has 0 heterocycles. The number of aliphatic hydroxyl groups excluding tert-OH is 1. The Kier molecular flexibility index (Phi) is 3.94. The topological polar surface area (TPSA) is 55.5 Å². The van der Waals surface area contributed by atoms with Crippen molar-refractivity contribution in [3.05, 3.63) is 35.0 Å². The predicted molar refractivity (Wildman–Crippen MR) is 53.7 cm³/mol. The van der Waals surface area contributed by atoms with Gasteiger partial charge in [0, 0.05) is 5.56 Å². The highest BCUT2D eigenvalue weighted by molar-refractivity contribution is 5.75. The average molecular weight is 195 g/mol. The molecule has 1 aromatic carbocycles. The molecule has 0 bridgehead atoms. The highest BCUT2D eigenvalue weighted by Gasteiger charge is 1.94. The Bertz CT molecular complexity index is 302. The summed E-state index contributed by atoms with van der Waals surface area (Å²) in [5.41, 5.74) is 0.818. The summed E-state index contributed by atoms with van der Waals surface area (Å²) >= 11 is 0. The molecule has 0 aliphatic heterocycles. The van der Waals surface area contributed by atoms with Gasteiger partial charge in [-0.05, 0) is 24.3 Å². The van der Waals surface area contributed by atoms with E-state index in [0.717, 1.165) is 10.3 Å². The van der Waals surface area contributed by atoms with E-state index in [1.165, 1.54) is 13.3 Å². The van der Waals surface area contributed by atoms with Gasteiger partial charge in [0.1, 0.15) is 19.4 Å². The average Bonchev–Trinajstić information content (AvgIpc) is 2.16. The first kappa shape index (κ1) is 10.5. The van der Waals surface area contributed by atoms with Gasteiger partial charge >= 0.3 is 0 Å². The van der Waals surface area contributed by atoms with E-state index in [4.69, 9.17) is 9.84 Å². The Labute approximate surface area is 82.7 Å². The SMILES string of the molecule is C/[N+]([O-])=C\c1ccc(OCCO)cc1. The standard InChI is InChI=1S/C10H13NO3/c1-11(13)8-9-2-4-10(5-3-9)14-7-6-12/h2-5,8,12H,6-7H2,1H3/b11-8+. The molecule has 1 rings (SSSR count). The lowest BCUT2D eigenvalue weighted by Gasteiger charge is -2.03. The van der Waals surface area contributed by atoms with Crippen molar-refractivity contribution in [1.82, 2.24) is 0 Å². The first-order valence-electron chi connectivity index (χ1n) is 4.31. The number of hydrogen-bond donors (Lipinski definition) is 1. The van der Waals surface area contributed by atoms with Gasteiger partial charge in [0.15, 0.2) is 6.21 Å². The second kappa shape index (κ2) is 5.24. The summed E-state index contributed by atoms with van der Waals surface area (Å²) in [5, 5.41) is 19.2. The number of hydroxylamine groups is 1. The van der Waals surface area contributed by atoms with E-state index in [1.807, 2.05) is 0 Å². The maximum atomic E-state index is 10.7. The van der Waals surface area contributed by atoms with Crippen LogP contribution in [-0.4, -0.2) is 36.3 Å². The normalized spacial score (nSPS) is 11.4. The quantitative estimate of drug-likeness (QED) is 0.331. The van der Waals surface area contributed by atoms with Crippen LogP contribution >= 0.6 is 0 Å². The summed E-state index contributed by atoms with van der Waals surface area (Å²) in [6.45, 7) is 0.279. The second-order valence-electron chi connectivity index (χ2n) is 2.82. The van der Waals surface area contributed by atoms with Crippen molar-refractivity contribution in [3.63, 3.8) is 0 Å². The molecule has 0 spiro atoms. The van der Waals surface area contributed by atoms with Crippen molar-refractivity contribution in [2.75, 3.05) is 20.3 Å². The molecule has 0 amide bonds. The van der Waals surface area contributed by atoms with Gasteiger partial charge in [-0.2, -0.15) is 0 Å². The van der Waals surface area contributed by atoms with Crippen LogP contribution in [0.1, 0.15) is 5.56 Å². The molecule has 14 heavy (non-hydrogen) atoms. The number of hydrogen-bond acceptors (Lipinski definition) is 3. The van der Waals surface area contributed by atoms with Crippen LogP contribution in [0.3, 0.4) is 0 Å². The van der Waals surface area contributed by atoms with Crippen LogP contribution in [0.25, 0.3) is 0 Å².